The van der Waals surface area contributed by atoms with E-state index in [4.69, 9.17) is 4.74 Å². The quantitative estimate of drug-likeness (QED) is 0.694. The summed E-state index contributed by atoms with van der Waals surface area (Å²) >= 11 is 0. The number of alkyl carbamates (subject to hydrolysis) is 1. The molecule has 5 heteroatoms. The predicted molar refractivity (Wildman–Crippen MR) is 66.1 cm³/mol. The molecule has 2 atom stereocenters. The first kappa shape index (κ1) is 13.6. The molecule has 18 heavy (non-hydrogen) atoms. The van der Waals surface area contributed by atoms with E-state index in [1.54, 1.807) is 20.8 Å². The van der Waals surface area contributed by atoms with Gasteiger partial charge in [0.25, 0.3) is 0 Å². The van der Waals surface area contributed by atoms with Gasteiger partial charge in [-0.3, -0.25) is 0 Å². The molecular formula is C13H23NO4. The highest BCUT2D eigenvalue weighted by Crippen LogP contribution is 2.61. The topological polar surface area (TPSA) is 78.8 Å². The molecule has 0 aromatic rings. The van der Waals surface area contributed by atoms with Gasteiger partial charge in [0, 0.05) is 11.8 Å². The molecule has 0 aromatic carbocycles. The van der Waals surface area contributed by atoms with Crippen molar-refractivity contribution < 1.29 is 19.7 Å². The van der Waals surface area contributed by atoms with Crippen LogP contribution < -0.4 is 5.32 Å². The van der Waals surface area contributed by atoms with Crippen LogP contribution in [-0.4, -0.2) is 40.2 Å². The zero-order chi connectivity index (χ0) is 13.6. The highest BCUT2D eigenvalue weighted by molar-refractivity contribution is 5.69. The Morgan fingerprint density at radius 1 is 1.44 bits per heavy atom. The molecule has 0 aromatic heterocycles. The number of aliphatic hydroxyl groups excluding tert-OH is 2. The molecule has 2 unspecified atom stereocenters. The second-order valence-corrected chi connectivity index (χ2v) is 6.60. The summed E-state index contributed by atoms with van der Waals surface area (Å²) < 4.78 is 5.23. The first-order chi connectivity index (χ1) is 8.25. The third-order valence-corrected chi connectivity index (χ3v) is 4.39. The molecule has 2 saturated carbocycles. The van der Waals surface area contributed by atoms with Gasteiger partial charge in [-0.25, -0.2) is 4.79 Å². The van der Waals surface area contributed by atoms with E-state index in [-0.39, 0.29) is 12.0 Å². The molecule has 0 heterocycles. The third-order valence-electron chi connectivity index (χ3n) is 4.39. The van der Waals surface area contributed by atoms with Gasteiger partial charge in [-0.2, -0.15) is 0 Å². The normalized spacial score (nSPS) is 33.5. The minimum absolute atomic E-state index is 0.150. The van der Waals surface area contributed by atoms with E-state index in [2.05, 4.69) is 5.32 Å². The standard InChI is InChI=1S/C13H23NO4/c1-11(2,3)18-10(17)14-13(8-15)7-9(16)12(13)5-4-6-12/h9,15-16H,4-8H2,1-3H3,(H,14,17). The first-order valence-corrected chi connectivity index (χ1v) is 6.55. The van der Waals surface area contributed by atoms with Crippen LogP contribution in [0.5, 0.6) is 0 Å². The lowest BCUT2D eigenvalue weighted by molar-refractivity contribution is -0.208. The van der Waals surface area contributed by atoms with E-state index in [1.807, 2.05) is 0 Å². The summed E-state index contributed by atoms with van der Waals surface area (Å²) in [5, 5.41) is 22.3. The number of carbonyl (C=O) groups is 1. The van der Waals surface area contributed by atoms with Gasteiger partial charge in [0.15, 0.2) is 0 Å². The maximum atomic E-state index is 11.8. The van der Waals surface area contributed by atoms with Crippen LogP contribution in [0.25, 0.3) is 0 Å². The molecule has 0 aliphatic heterocycles. The van der Waals surface area contributed by atoms with Gasteiger partial charge in [-0.15, -0.1) is 0 Å². The van der Waals surface area contributed by atoms with Crippen LogP contribution in [0.15, 0.2) is 0 Å². The van der Waals surface area contributed by atoms with Crippen molar-refractivity contribution >= 4 is 6.09 Å². The van der Waals surface area contributed by atoms with Gasteiger partial charge in [0.05, 0.1) is 18.2 Å². The minimum Gasteiger partial charge on any atom is -0.444 e. The molecule has 5 nitrogen and oxygen atoms in total. The first-order valence-electron chi connectivity index (χ1n) is 6.55. The van der Waals surface area contributed by atoms with Gasteiger partial charge in [0.1, 0.15) is 5.60 Å². The molecule has 0 saturated heterocycles. The van der Waals surface area contributed by atoms with Gasteiger partial charge >= 0.3 is 6.09 Å². The molecule has 104 valence electrons. The van der Waals surface area contributed by atoms with Crippen LogP contribution in [0.3, 0.4) is 0 Å². The number of rotatable bonds is 2. The summed E-state index contributed by atoms with van der Waals surface area (Å²) in [6, 6.07) is 0. The van der Waals surface area contributed by atoms with Gasteiger partial charge in [-0.1, -0.05) is 6.42 Å². The zero-order valence-corrected chi connectivity index (χ0v) is 11.3. The Hall–Kier alpha value is -0.810. The monoisotopic (exact) mass is 257 g/mol. The number of amides is 1. The van der Waals surface area contributed by atoms with E-state index < -0.39 is 23.3 Å². The van der Waals surface area contributed by atoms with E-state index in [9.17, 15) is 15.0 Å². The highest BCUT2D eigenvalue weighted by atomic mass is 16.6. The van der Waals surface area contributed by atoms with Crippen molar-refractivity contribution in [2.24, 2.45) is 5.41 Å². The average Bonchev–Trinajstić information content (AvgIpc) is 2.09. The van der Waals surface area contributed by atoms with E-state index >= 15 is 0 Å². The largest absolute Gasteiger partial charge is 0.444 e. The van der Waals surface area contributed by atoms with Crippen LogP contribution in [0, 0.1) is 5.41 Å². The van der Waals surface area contributed by atoms with Gasteiger partial charge in [0.2, 0.25) is 0 Å². The molecule has 2 fully saturated rings. The molecule has 3 N–H and O–H groups in total. The fourth-order valence-electron chi connectivity index (χ4n) is 3.22. The molecule has 0 bridgehead atoms. The SMILES string of the molecule is CC(C)(C)OC(=O)NC1(CO)CC(O)C12CCC2. The maximum absolute atomic E-state index is 11.8. The molecule has 0 radical (unpaired) electrons. The van der Waals surface area contributed by atoms with Crippen molar-refractivity contribution in [1.82, 2.24) is 5.32 Å². The van der Waals surface area contributed by atoms with Crippen molar-refractivity contribution in [3.63, 3.8) is 0 Å². The van der Waals surface area contributed by atoms with E-state index in [1.165, 1.54) is 0 Å². The van der Waals surface area contributed by atoms with E-state index in [0.29, 0.717) is 6.42 Å². The smallest absolute Gasteiger partial charge is 0.408 e. The fourth-order valence-corrected chi connectivity index (χ4v) is 3.22. The zero-order valence-electron chi connectivity index (χ0n) is 11.3. The second kappa shape index (κ2) is 4.10. The average molecular weight is 257 g/mol. The second-order valence-electron chi connectivity index (χ2n) is 6.60. The molecule has 2 rings (SSSR count). The Balaban J connectivity index is 2.04. The Morgan fingerprint density at radius 3 is 2.39 bits per heavy atom. The van der Waals surface area contributed by atoms with Crippen LogP contribution >= 0.6 is 0 Å². The number of nitrogens with one attached hydrogen (secondary N) is 1. The summed E-state index contributed by atoms with van der Waals surface area (Å²) in [6.07, 6.45) is 2.20. The third kappa shape index (κ3) is 1.89. The Labute approximate surface area is 108 Å². The summed E-state index contributed by atoms with van der Waals surface area (Å²) in [5.74, 6) is 0. The van der Waals surface area contributed by atoms with Crippen LogP contribution in [-0.2, 0) is 4.74 Å². The fraction of sp³-hybridized carbons (Fsp3) is 0.923. The number of hydrogen-bond donors (Lipinski definition) is 3. The van der Waals surface area contributed by atoms with Gasteiger partial charge in [-0.05, 0) is 33.6 Å². The summed E-state index contributed by atoms with van der Waals surface area (Å²) in [5.41, 5.74) is -1.60. The van der Waals surface area contributed by atoms with Crippen molar-refractivity contribution in [2.75, 3.05) is 6.61 Å². The number of hydrogen-bond acceptors (Lipinski definition) is 4. The number of ether oxygens (including phenoxy) is 1. The minimum atomic E-state index is -0.701. The summed E-state index contributed by atoms with van der Waals surface area (Å²) in [4.78, 5) is 11.8. The highest BCUT2D eigenvalue weighted by Gasteiger charge is 2.68. The van der Waals surface area contributed by atoms with Crippen molar-refractivity contribution in [3.05, 3.63) is 0 Å². The van der Waals surface area contributed by atoms with Crippen molar-refractivity contribution in [2.45, 2.75) is 63.7 Å². The molecule has 2 aliphatic carbocycles. The van der Waals surface area contributed by atoms with Crippen molar-refractivity contribution in [3.8, 4) is 0 Å². The summed E-state index contributed by atoms with van der Waals surface area (Å²) in [6.45, 7) is 5.25. The van der Waals surface area contributed by atoms with Crippen LogP contribution in [0.4, 0.5) is 4.79 Å². The van der Waals surface area contributed by atoms with E-state index in [0.717, 1.165) is 19.3 Å². The van der Waals surface area contributed by atoms with Crippen molar-refractivity contribution in [1.29, 1.82) is 0 Å². The summed E-state index contributed by atoms with van der Waals surface area (Å²) in [7, 11) is 0. The van der Waals surface area contributed by atoms with Crippen LogP contribution in [0.1, 0.15) is 46.5 Å². The predicted octanol–water partition coefficient (Wildman–Crippen LogP) is 1.18. The molecule has 1 amide bonds. The lowest BCUT2D eigenvalue weighted by Gasteiger charge is -2.66. The lowest BCUT2D eigenvalue weighted by atomic mass is 9.44. The Bertz CT molecular complexity index is 345. The lowest BCUT2D eigenvalue weighted by Crippen LogP contribution is -2.78. The molecule has 2 aliphatic rings. The number of aliphatic hydroxyl groups is 2. The molecule has 1 spiro atoms. The maximum Gasteiger partial charge on any atom is 0.408 e. The Kier molecular flexibility index (Phi) is 3.10. The van der Waals surface area contributed by atoms with Crippen LogP contribution in [0.2, 0.25) is 0 Å². The Morgan fingerprint density at radius 2 is 2.06 bits per heavy atom. The van der Waals surface area contributed by atoms with Gasteiger partial charge < -0.3 is 20.3 Å². The molecular weight excluding hydrogens is 234 g/mol. The number of carbonyl (C=O) groups excluding carboxylic acids is 1.